The first-order valence-corrected chi connectivity index (χ1v) is 5.31. The van der Waals surface area contributed by atoms with Gasteiger partial charge in [-0.3, -0.25) is 0 Å². The van der Waals surface area contributed by atoms with Crippen LogP contribution in [0, 0.1) is 0 Å². The molecule has 17 heavy (non-hydrogen) atoms. The SMILES string of the molecule is O=C(O)C(O)(C(=O)O)c1ccccc1CCCl. The summed E-state index contributed by atoms with van der Waals surface area (Å²) in [5, 5.41) is 27.6. The summed E-state index contributed by atoms with van der Waals surface area (Å²) in [4.78, 5) is 21.9. The maximum absolute atomic E-state index is 11.0. The van der Waals surface area contributed by atoms with Gasteiger partial charge in [0.05, 0.1) is 0 Å². The number of halogens is 1. The van der Waals surface area contributed by atoms with E-state index in [1.54, 1.807) is 6.07 Å². The van der Waals surface area contributed by atoms with E-state index in [9.17, 15) is 14.7 Å². The number of carboxylic acid groups (broad SMARTS) is 2. The second-order valence-electron chi connectivity index (χ2n) is 3.42. The lowest BCUT2D eigenvalue weighted by molar-refractivity contribution is -0.177. The van der Waals surface area contributed by atoms with Crippen molar-refractivity contribution in [2.45, 2.75) is 12.0 Å². The first-order valence-electron chi connectivity index (χ1n) is 4.78. The van der Waals surface area contributed by atoms with Gasteiger partial charge in [-0.25, -0.2) is 9.59 Å². The first-order chi connectivity index (χ1) is 7.94. The lowest BCUT2D eigenvalue weighted by atomic mass is 9.89. The minimum atomic E-state index is -2.94. The van der Waals surface area contributed by atoms with Gasteiger partial charge in [-0.2, -0.15) is 0 Å². The summed E-state index contributed by atoms with van der Waals surface area (Å²) in [6.45, 7) is 0. The molecule has 0 atom stereocenters. The summed E-state index contributed by atoms with van der Waals surface area (Å²) >= 11 is 5.54. The molecule has 1 aromatic carbocycles. The van der Waals surface area contributed by atoms with Gasteiger partial charge in [-0.05, 0) is 12.0 Å². The smallest absolute Gasteiger partial charge is 0.352 e. The molecule has 0 radical (unpaired) electrons. The van der Waals surface area contributed by atoms with Gasteiger partial charge < -0.3 is 15.3 Å². The average Bonchev–Trinajstić information content (AvgIpc) is 2.28. The number of hydrogen-bond donors (Lipinski definition) is 3. The van der Waals surface area contributed by atoms with Gasteiger partial charge in [-0.15, -0.1) is 11.6 Å². The Kier molecular flexibility index (Phi) is 4.09. The summed E-state index contributed by atoms with van der Waals surface area (Å²) in [6.07, 6.45) is 0.278. The number of benzene rings is 1. The van der Waals surface area contributed by atoms with Crippen molar-refractivity contribution in [3.05, 3.63) is 35.4 Å². The third-order valence-corrected chi connectivity index (χ3v) is 2.58. The zero-order chi connectivity index (χ0) is 13.1. The molecule has 0 saturated carbocycles. The van der Waals surface area contributed by atoms with E-state index in [4.69, 9.17) is 21.8 Å². The van der Waals surface area contributed by atoms with Crippen LogP contribution in [0.3, 0.4) is 0 Å². The van der Waals surface area contributed by atoms with E-state index >= 15 is 0 Å². The molecule has 0 fully saturated rings. The lowest BCUT2D eigenvalue weighted by Gasteiger charge is -2.21. The number of rotatable bonds is 5. The zero-order valence-corrected chi connectivity index (χ0v) is 9.52. The number of aliphatic hydroxyl groups is 1. The van der Waals surface area contributed by atoms with Crippen LogP contribution in [0.2, 0.25) is 0 Å². The molecule has 3 N–H and O–H groups in total. The first kappa shape index (κ1) is 13.5. The predicted molar refractivity (Wildman–Crippen MR) is 60.0 cm³/mol. The van der Waals surface area contributed by atoms with Crippen molar-refractivity contribution in [3.8, 4) is 0 Å². The number of aryl methyl sites for hydroxylation is 1. The molecule has 0 aliphatic rings. The van der Waals surface area contributed by atoms with Crippen molar-refractivity contribution in [3.63, 3.8) is 0 Å². The monoisotopic (exact) mass is 258 g/mol. The van der Waals surface area contributed by atoms with Crippen LogP contribution in [0.25, 0.3) is 0 Å². The van der Waals surface area contributed by atoms with Crippen LogP contribution in [0.15, 0.2) is 24.3 Å². The molecule has 0 spiro atoms. The Hall–Kier alpha value is -1.59. The third kappa shape index (κ3) is 2.40. The Balaban J connectivity index is 3.38. The molecule has 1 rings (SSSR count). The van der Waals surface area contributed by atoms with Crippen LogP contribution >= 0.6 is 11.6 Å². The van der Waals surface area contributed by atoms with Gasteiger partial charge >= 0.3 is 11.9 Å². The molecule has 6 heteroatoms. The molecule has 0 saturated heterocycles. The standard InChI is InChI=1S/C11H11ClO5/c12-6-5-7-3-1-2-4-8(7)11(17,9(13)14)10(15)16/h1-4,17H,5-6H2,(H,13,14)(H,15,16). The van der Waals surface area contributed by atoms with Crippen molar-refractivity contribution in [2.24, 2.45) is 0 Å². The van der Waals surface area contributed by atoms with E-state index in [0.717, 1.165) is 0 Å². The highest BCUT2D eigenvalue weighted by Crippen LogP contribution is 2.26. The molecule has 0 aliphatic carbocycles. The highest BCUT2D eigenvalue weighted by Gasteiger charge is 2.47. The summed E-state index contributed by atoms with van der Waals surface area (Å²) < 4.78 is 0. The normalized spacial score (nSPS) is 11.2. The molecule has 0 aromatic heterocycles. The number of alkyl halides is 1. The van der Waals surface area contributed by atoms with E-state index in [1.807, 2.05) is 0 Å². The molecule has 0 aliphatic heterocycles. The largest absolute Gasteiger partial charge is 0.478 e. The molecule has 0 bridgehead atoms. The van der Waals surface area contributed by atoms with Crippen molar-refractivity contribution in [1.29, 1.82) is 0 Å². The van der Waals surface area contributed by atoms with E-state index in [-0.39, 0.29) is 17.9 Å². The fourth-order valence-corrected chi connectivity index (χ4v) is 1.72. The number of aliphatic carboxylic acids is 2. The van der Waals surface area contributed by atoms with Gasteiger partial charge in [-0.1, -0.05) is 24.3 Å². The van der Waals surface area contributed by atoms with E-state index in [1.165, 1.54) is 18.2 Å². The van der Waals surface area contributed by atoms with Crippen LogP contribution in [-0.2, 0) is 21.6 Å². The molecule has 5 nitrogen and oxygen atoms in total. The Morgan fingerprint density at radius 2 is 1.71 bits per heavy atom. The average molecular weight is 259 g/mol. The topological polar surface area (TPSA) is 94.8 Å². The van der Waals surface area contributed by atoms with Gasteiger partial charge in [0.25, 0.3) is 5.60 Å². The maximum atomic E-state index is 11.0. The molecular weight excluding hydrogens is 248 g/mol. The zero-order valence-electron chi connectivity index (χ0n) is 8.76. The molecule has 0 heterocycles. The minimum absolute atomic E-state index is 0.166. The van der Waals surface area contributed by atoms with Crippen molar-refractivity contribution in [2.75, 3.05) is 5.88 Å². The van der Waals surface area contributed by atoms with Crippen LogP contribution in [0.4, 0.5) is 0 Å². The number of carbonyl (C=O) groups is 2. The molecule has 92 valence electrons. The van der Waals surface area contributed by atoms with Crippen LogP contribution in [0.5, 0.6) is 0 Å². The minimum Gasteiger partial charge on any atom is -0.478 e. The summed E-state index contributed by atoms with van der Waals surface area (Å²) in [5.41, 5.74) is -2.71. The van der Waals surface area contributed by atoms with Gasteiger partial charge in [0, 0.05) is 11.4 Å². The Labute approximate surface area is 102 Å². The Bertz CT molecular complexity index is 429. The third-order valence-electron chi connectivity index (χ3n) is 2.39. The Morgan fingerprint density at radius 1 is 1.18 bits per heavy atom. The fraction of sp³-hybridized carbons (Fsp3) is 0.273. The van der Waals surface area contributed by atoms with Crippen LogP contribution in [-0.4, -0.2) is 33.1 Å². The second-order valence-corrected chi connectivity index (χ2v) is 3.79. The lowest BCUT2D eigenvalue weighted by Crippen LogP contribution is -2.44. The highest BCUT2D eigenvalue weighted by atomic mass is 35.5. The quantitative estimate of drug-likeness (QED) is 0.537. The van der Waals surface area contributed by atoms with Crippen LogP contribution < -0.4 is 0 Å². The summed E-state index contributed by atoms with van der Waals surface area (Å²) in [7, 11) is 0. The van der Waals surface area contributed by atoms with E-state index in [0.29, 0.717) is 5.56 Å². The van der Waals surface area contributed by atoms with Crippen molar-refractivity contribution in [1.82, 2.24) is 0 Å². The molecule has 0 unspecified atom stereocenters. The number of hydrogen-bond acceptors (Lipinski definition) is 3. The molecular formula is C11H11ClO5. The predicted octanol–water partition coefficient (Wildman–Crippen LogP) is 0.825. The highest BCUT2D eigenvalue weighted by molar-refractivity contribution is 6.18. The fourth-order valence-electron chi connectivity index (χ4n) is 1.51. The molecule has 1 aromatic rings. The summed E-state index contributed by atoms with van der Waals surface area (Å²) in [5.74, 6) is -3.45. The van der Waals surface area contributed by atoms with Gasteiger partial charge in [0.2, 0.25) is 0 Å². The second kappa shape index (κ2) is 5.16. The van der Waals surface area contributed by atoms with Crippen molar-refractivity contribution >= 4 is 23.5 Å². The number of carboxylic acids is 2. The summed E-state index contributed by atoms with van der Waals surface area (Å²) in [6, 6.07) is 5.89. The van der Waals surface area contributed by atoms with Crippen LogP contribution in [0.1, 0.15) is 11.1 Å². The van der Waals surface area contributed by atoms with Crippen molar-refractivity contribution < 1.29 is 24.9 Å². The Morgan fingerprint density at radius 3 is 2.18 bits per heavy atom. The van der Waals surface area contributed by atoms with E-state index in [2.05, 4.69) is 0 Å². The molecule has 0 amide bonds. The van der Waals surface area contributed by atoms with E-state index < -0.39 is 17.5 Å². The van der Waals surface area contributed by atoms with Gasteiger partial charge in [0.1, 0.15) is 0 Å². The van der Waals surface area contributed by atoms with Gasteiger partial charge in [0.15, 0.2) is 0 Å². The maximum Gasteiger partial charge on any atom is 0.352 e.